The summed E-state index contributed by atoms with van der Waals surface area (Å²) < 4.78 is 0.919. The van der Waals surface area contributed by atoms with Crippen LogP contribution in [0.2, 0.25) is 0 Å². The van der Waals surface area contributed by atoms with Gasteiger partial charge >= 0.3 is 0 Å². The predicted octanol–water partition coefficient (Wildman–Crippen LogP) is 1.08. The fraction of sp³-hybridized carbons (Fsp3) is 0.125. The van der Waals surface area contributed by atoms with Crippen molar-refractivity contribution < 1.29 is 5.11 Å². The van der Waals surface area contributed by atoms with Gasteiger partial charge in [-0.15, -0.1) is 11.3 Å². The fourth-order valence-electron chi connectivity index (χ4n) is 1.11. The maximum absolute atomic E-state index is 11.2. The quantitative estimate of drug-likeness (QED) is 0.691. The Morgan fingerprint density at radius 3 is 3.08 bits per heavy atom. The molecule has 0 spiro atoms. The van der Waals surface area contributed by atoms with Gasteiger partial charge in [0.15, 0.2) is 0 Å². The van der Waals surface area contributed by atoms with E-state index in [0.29, 0.717) is 5.39 Å². The van der Waals surface area contributed by atoms with E-state index >= 15 is 0 Å². The number of aliphatic hydroxyl groups is 1. The summed E-state index contributed by atoms with van der Waals surface area (Å²) in [4.78, 5) is 14.6. The molecule has 0 fully saturated rings. The Labute approximate surface area is 72.3 Å². The van der Waals surface area contributed by atoms with Gasteiger partial charge in [-0.2, -0.15) is 0 Å². The van der Waals surface area contributed by atoms with Crippen molar-refractivity contribution >= 4 is 21.4 Å². The van der Waals surface area contributed by atoms with E-state index in [-0.39, 0.29) is 12.2 Å². The van der Waals surface area contributed by atoms with Gasteiger partial charge in [-0.1, -0.05) is 0 Å². The first kappa shape index (κ1) is 7.52. The molecule has 3 nitrogen and oxygen atoms in total. The number of hydrogen-bond donors (Lipinski definition) is 2. The highest BCUT2D eigenvalue weighted by Gasteiger charge is 2.02. The highest BCUT2D eigenvalue weighted by Crippen LogP contribution is 2.21. The molecule has 4 heteroatoms. The molecule has 2 aromatic heterocycles. The van der Waals surface area contributed by atoms with Crippen LogP contribution in [0.15, 0.2) is 23.1 Å². The highest BCUT2D eigenvalue weighted by atomic mass is 32.1. The van der Waals surface area contributed by atoms with Crippen LogP contribution >= 0.6 is 11.3 Å². The van der Waals surface area contributed by atoms with Gasteiger partial charge in [-0.25, -0.2) is 0 Å². The Kier molecular flexibility index (Phi) is 1.71. The van der Waals surface area contributed by atoms with Crippen molar-refractivity contribution in [2.45, 2.75) is 6.61 Å². The molecule has 0 saturated carbocycles. The normalized spacial score (nSPS) is 10.8. The zero-order chi connectivity index (χ0) is 8.55. The zero-order valence-corrected chi connectivity index (χ0v) is 7.02. The molecule has 0 aliphatic rings. The van der Waals surface area contributed by atoms with E-state index in [1.807, 2.05) is 6.07 Å². The molecule has 0 aliphatic carbocycles. The number of thiophene rings is 1. The predicted molar refractivity (Wildman–Crippen MR) is 48.4 cm³/mol. The molecule has 62 valence electrons. The minimum atomic E-state index is -0.0940. The van der Waals surface area contributed by atoms with Crippen molar-refractivity contribution in [3.8, 4) is 0 Å². The molecule has 2 N–H and O–H groups in total. The van der Waals surface area contributed by atoms with Crippen LogP contribution in [-0.2, 0) is 6.61 Å². The molecule has 0 aromatic carbocycles. The van der Waals surface area contributed by atoms with E-state index in [1.54, 1.807) is 12.3 Å². The number of fused-ring (bicyclic) bond motifs is 1. The smallest absolute Gasteiger partial charge is 0.256 e. The van der Waals surface area contributed by atoms with Crippen molar-refractivity contribution in [2.75, 3.05) is 0 Å². The number of aromatic amines is 1. The van der Waals surface area contributed by atoms with Crippen molar-refractivity contribution in [2.24, 2.45) is 0 Å². The second kappa shape index (κ2) is 2.73. The molecule has 0 radical (unpaired) electrons. The number of pyridine rings is 1. The number of aromatic nitrogens is 1. The summed E-state index contributed by atoms with van der Waals surface area (Å²) in [6.45, 7) is -0.00120. The first-order valence-electron chi connectivity index (χ1n) is 3.52. The summed E-state index contributed by atoms with van der Waals surface area (Å²) in [6, 6.07) is 3.55. The molecule has 2 aromatic rings. The van der Waals surface area contributed by atoms with Gasteiger partial charge in [0.2, 0.25) is 0 Å². The van der Waals surface area contributed by atoms with Crippen molar-refractivity contribution in [3.63, 3.8) is 0 Å². The molecule has 0 saturated heterocycles. The lowest BCUT2D eigenvalue weighted by Crippen LogP contribution is -2.01. The molecule has 2 rings (SSSR count). The topological polar surface area (TPSA) is 53.1 Å². The van der Waals surface area contributed by atoms with Crippen molar-refractivity contribution in [1.82, 2.24) is 4.98 Å². The Balaban J connectivity index is 2.83. The van der Waals surface area contributed by atoms with Crippen LogP contribution in [0.4, 0.5) is 0 Å². The second-order valence-electron chi connectivity index (χ2n) is 2.46. The van der Waals surface area contributed by atoms with Crippen LogP contribution in [-0.4, -0.2) is 10.1 Å². The monoisotopic (exact) mass is 181 g/mol. The standard InChI is InChI=1S/C8H7NO2S/c10-4-5-3-6-7(12-5)1-2-9-8(6)11/h1-3,10H,4H2,(H,9,11). The largest absolute Gasteiger partial charge is 0.391 e. The molecule has 0 unspecified atom stereocenters. The van der Waals surface area contributed by atoms with Crippen LogP contribution in [0.5, 0.6) is 0 Å². The number of rotatable bonds is 1. The number of nitrogens with one attached hydrogen (secondary N) is 1. The molecular weight excluding hydrogens is 174 g/mol. The lowest BCUT2D eigenvalue weighted by atomic mass is 10.3. The van der Waals surface area contributed by atoms with Gasteiger partial charge in [0, 0.05) is 15.8 Å². The van der Waals surface area contributed by atoms with Crippen LogP contribution in [0, 0.1) is 0 Å². The average Bonchev–Trinajstić information content (AvgIpc) is 2.49. The first-order chi connectivity index (χ1) is 5.81. The van der Waals surface area contributed by atoms with Gasteiger partial charge in [-0.3, -0.25) is 4.79 Å². The number of H-pyrrole nitrogens is 1. The summed E-state index contributed by atoms with van der Waals surface area (Å²) in [6.07, 6.45) is 1.61. The number of hydrogen-bond acceptors (Lipinski definition) is 3. The van der Waals surface area contributed by atoms with Gasteiger partial charge in [-0.05, 0) is 12.1 Å². The summed E-state index contributed by atoms with van der Waals surface area (Å²) in [5.74, 6) is 0. The molecule has 12 heavy (non-hydrogen) atoms. The maximum atomic E-state index is 11.2. The Morgan fingerprint density at radius 1 is 1.58 bits per heavy atom. The second-order valence-corrected chi connectivity index (χ2v) is 3.62. The lowest BCUT2D eigenvalue weighted by molar-refractivity contribution is 0.285. The van der Waals surface area contributed by atoms with E-state index in [9.17, 15) is 4.79 Å². The molecule has 2 heterocycles. The van der Waals surface area contributed by atoms with Crippen LogP contribution in [0.25, 0.3) is 10.1 Å². The lowest BCUT2D eigenvalue weighted by Gasteiger charge is -1.83. The third-order valence-corrected chi connectivity index (χ3v) is 2.75. The fourth-order valence-corrected chi connectivity index (χ4v) is 2.03. The maximum Gasteiger partial charge on any atom is 0.256 e. The SMILES string of the molecule is O=c1[nH]ccc2sc(CO)cc12. The highest BCUT2D eigenvalue weighted by molar-refractivity contribution is 7.19. The van der Waals surface area contributed by atoms with E-state index in [4.69, 9.17) is 5.11 Å². The third kappa shape index (κ3) is 1.05. The summed E-state index contributed by atoms with van der Waals surface area (Å²) in [5.41, 5.74) is -0.0940. The van der Waals surface area contributed by atoms with Gasteiger partial charge in [0.1, 0.15) is 0 Å². The Hall–Kier alpha value is -1.13. The van der Waals surface area contributed by atoms with Crippen molar-refractivity contribution in [1.29, 1.82) is 0 Å². The minimum absolute atomic E-state index is 0.00120. The van der Waals surface area contributed by atoms with Gasteiger partial charge in [0.05, 0.1) is 12.0 Å². The Bertz CT molecular complexity index is 457. The minimum Gasteiger partial charge on any atom is -0.391 e. The summed E-state index contributed by atoms with van der Waals surface area (Å²) in [7, 11) is 0. The summed E-state index contributed by atoms with van der Waals surface area (Å²) in [5, 5.41) is 9.49. The van der Waals surface area contributed by atoms with Gasteiger partial charge < -0.3 is 10.1 Å². The van der Waals surface area contributed by atoms with E-state index in [0.717, 1.165) is 9.58 Å². The molecular formula is C8H7NO2S. The van der Waals surface area contributed by atoms with Crippen LogP contribution < -0.4 is 5.56 Å². The van der Waals surface area contributed by atoms with E-state index < -0.39 is 0 Å². The van der Waals surface area contributed by atoms with Gasteiger partial charge in [0.25, 0.3) is 5.56 Å². The van der Waals surface area contributed by atoms with Crippen LogP contribution in [0.3, 0.4) is 0 Å². The zero-order valence-electron chi connectivity index (χ0n) is 6.20. The molecule has 0 bridgehead atoms. The number of aliphatic hydroxyl groups excluding tert-OH is 1. The molecule has 0 aliphatic heterocycles. The van der Waals surface area contributed by atoms with Crippen LogP contribution in [0.1, 0.15) is 4.88 Å². The average molecular weight is 181 g/mol. The summed E-state index contributed by atoms with van der Waals surface area (Å²) >= 11 is 1.44. The first-order valence-corrected chi connectivity index (χ1v) is 4.34. The third-order valence-electron chi connectivity index (χ3n) is 1.66. The molecule has 0 amide bonds. The van der Waals surface area contributed by atoms with Crippen molar-refractivity contribution in [3.05, 3.63) is 33.6 Å². The molecule has 0 atom stereocenters. The van der Waals surface area contributed by atoms with E-state index in [1.165, 1.54) is 11.3 Å². The Morgan fingerprint density at radius 2 is 2.42 bits per heavy atom. The van der Waals surface area contributed by atoms with E-state index in [2.05, 4.69) is 4.98 Å².